The zero-order valence-electron chi connectivity index (χ0n) is 8.50. The number of benzene rings is 1. The maximum absolute atomic E-state index is 13.1. The van der Waals surface area contributed by atoms with Gasteiger partial charge in [0.25, 0.3) is 0 Å². The minimum atomic E-state index is -1.01. The average molecular weight is 234 g/mol. The van der Waals surface area contributed by atoms with Crippen LogP contribution in [-0.4, -0.2) is 18.3 Å². The fourth-order valence-electron chi connectivity index (χ4n) is 1.30. The second kappa shape index (κ2) is 4.79. The van der Waals surface area contributed by atoms with Crippen LogP contribution in [0.1, 0.15) is 18.6 Å². The molecule has 0 saturated heterocycles. The Bertz CT molecular complexity index is 358. The summed E-state index contributed by atoms with van der Waals surface area (Å²) in [5, 5.41) is 9.85. The number of nitrogens with two attached hydrogens (primary N) is 1. The molecule has 0 aliphatic rings. The van der Waals surface area contributed by atoms with Crippen LogP contribution in [0.15, 0.2) is 12.1 Å². The first-order valence-electron chi connectivity index (χ1n) is 4.44. The molecule has 2 atom stereocenters. The summed E-state index contributed by atoms with van der Waals surface area (Å²) < 4.78 is 18.1. The van der Waals surface area contributed by atoms with Crippen LogP contribution in [0, 0.1) is 5.82 Å². The van der Waals surface area contributed by atoms with Gasteiger partial charge in [0.05, 0.1) is 18.2 Å². The van der Waals surface area contributed by atoms with E-state index in [0.29, 0.717) is 0 Å². The number of halogens is 2. The highest BCUT2D eigenvalue weighted by atomic mass is 35.5. The molecule has 2 unspecified atom stereocenters. The SMILES string of the molecule is COc1c(Cl)cc(F)cc1C(O)C(C)N. The van der Waals surface area contributed by atoms with Gasteiger partial charge in [-0.2, -0.15) is 0 Å². The van der Waals surface area contributed by atoms with Crippen molar-refractivity contribution in [2.45, 2.75) is 19.1 Å². The van der Waals surface area contributed by atoms with Gasteiger partial charge >= 0.3 is 0 Å². The zero-order chi connectivity index (χ0) is 11.6. The van der Waals surface area contributed by atoms with Crippen molar-refractivity contribution in [2.75, 3.05) is 7.11 Å². The molecule has 0 heterocycles. The summed E-state index contributed by atoms with van der Waals surface area (Å²) in [5.74, 6) is -0.279. The van der Waals surface area contributed by atoms with E-state index in [-0.39, 0.29) is 16.3 Å². The van der Waals surface area contributed by atoms with Crippen LogP contribution < -0.4 is 10.5 Å². The lowest BCUT2D eigenvalue weighted by Crippen LogP contribution is -2.25. The second-order valence-corrected chi connectivity index (χ2v) is 3.72. The maximum Gasteiger partial charge on any atom is 0.143 e. The highest BCUT2D eigenvalue weighted by molar-refractivity contribution is 6.32. The standard InChI is InChI=1S/C10H13ClFNO2/c1-5(13)9(14)7-3-6(12)4-8(11)10(7)15-2/h3-5,9,14H,13H2,1-2H3. The Kier molecular flexibility index (Phi) is 3.90. The largest absolute Gasteiger partial charge is 0.495 e. The number of rotatable bonds is 3. The van der Waals surface area contributed by atoms with Crippen molar-refractivity contribution in [3.05, 3.63) is 28.5 Å². The molecule has 5 heteroatoms. The Hall–Kier alpha value is -0.840. The van der Waals surface area contributed by atoms with Crippen LogP contribution in [0.2, 0.25) is 5.02 Å². The number of aliphatic hydroxyl groups excluding tert-OH is 1. The number of aliphatic hydroxyl groups is 1. The van der Waals surface area contributed by atoms with E-state index in [1.165, 1.54) is 13.2 Å². The van der Waals surface area contributed by atoms with Crippen molar-refractivity contribution in [1.29, 1.82) is 0 Å². The van der Waals surface area contributed by atoms with E-state index in [1.54, 1.807) is 6.92 Å². The third-order valence-corrected chi connectivity index (χ3v) is 2.34. The molecule has 0 amide bonds. The quantitative estimate of drug-likeness (QED) is 0.838. The van der Waals surface area contributed by atoms with Crippen LogP contribution in [0.4, 0.5) is 4.39 Å². The van der Waals surface area contributed by atoms with Crippen LogP contribution in [0.25, 0.3) is 0 Å². The van der Waals surface area contributed by atoms with E-state index in [2.05, 4.69) is 0 Å². The van der Waals surface area contributed by atoms with Crippen LogP contribution >= 0.6 is 11.6 Å². The molecule has 0 bridgehead atoms. The Labute approximate surface area is 92.6 Å². The number of hydrogen-bond donors (Lipinski definition) is 2. The molecule has 1 rings (SSSR count). The lowest BCUT2D eigenvalue weighted by atomic mass is 10.0. The van der Waals surface area contributed by atoms with Crippen molar-refractivity contribution >= 4 is 11.6 Å². The minimum absolute atomic E-state index is 0.118. The van der Waals surface area contributed by atoms with Crippen molar-refractivity contribution in [3.8, 4) is 5.75 Å². The first-order chi connectivity index (χ1) is 6.97. The van der Waals surface area contributed by atoms with E-state index in [0.717, 1.165) is 6.07 Å². The average Bonchev–Trinajstić information content (AvgIpc) is 2.15. The van der Waals surface area contributed by atoms with Gasteiger partial charge in [0.2, 0.25) is 0 Å². The van der Waals surface area contributed by atoms with Crippen molar-refractivity contribution in [3.63, 3.8) is 0 Å². The maximum atomic E-state index is 13.1. The van der Waals surface area contributed by atoms with Gasteiger partial charge in [0.15, 0.2) is 0 Å². The Morgan fingerprint density at radius 2 is 2.13 bits per heavy atom. The predicted octanol–water partition coefficient (Wildman–Crippen LogP) is 1.87. The van der Waals surface area contributed by atoms with Crippen molar-refractivity contribution in [1.82, 2.24) is 0 Å². The summed E-state index contributed by atoms with van der Waals surface area (Å²) in [6.45, 7) is 1.61. The van der Waals surface area contributed by atoms with Gasteiger partial charge in [-0.05, 0) is 19.1 Å². The monoisotopic (exact) mass is 233 g/mol. The molecule has 1 aromatic rings. The molecule has 0 radical (unpaired) electrons. The Morgan fingerprint density at radius 1 is 1.53 bits per heavy atom. The van der Waals surface area contributed by atoms with Crippen molar-refractivity contribution < 1.29 is 14.2 Å². The van der Waals surface area contributed by atoms with E-state index >= 15 is 0 Å². The molecule has 3 N–H and O–H groups in total. The van der Waals surface area contributed by atoms with Gasteiger partial charge in [-0.15, -0.1) is 0 Å². The Morgan fingerprint density at radius 3 is 2.60 bits per heavy atom. The third kappa shape index (κ3) is 2.59. The Balaban J connectivity index is 3.26. The van der Waals surface area contributed by atoms with Crippen LogP contribution in [-0.2, 0) is 0 Å². The van der Waals surface area contributed by atoms with Gasteiger partial charge in [0, 0.05) is 11.6 Å². The molecule has 0 aromatic heterocycles. The molecule has 1 aromatic carbocycles. The summed E-state index contributed by atoms with van der Waals surface area (Å²) >= 11 is 5.77. The van der Waals surface area contributed by atoms with E-state index < -0.39 is 18.0 Å². The smallest absolute Gasteiger partial charge is 0.143 e. The van der Waals surface area contributed by atoms with Gasteiger partial charge < -0.3 is 15.6 Å². The molecule has 84 valence electrons. The van der Waals surface area contributed by atoms with Gasteiger partial charge in [-0.25, -0.2) is 4.39 Å². The van der Waals surface area contributed by atoms with Gasteiger partial charge in [-0.3, -0.25) is 0 Å². The lowest BCUT2D eigenvalue weighted by molar-refractivity contribution is 0.149. The number of ether oxygens (including phenoxy) is 1. The number of hydrogen-bond acceptors (Lipinski definition) is 3. The molecular formula is C10H13ClFNO2. The van der Waals surface area contributed by atoms with Gasteiger partial charge in [0.1, 0.15) is 11.6 Å². The second-order valence-electron chi connectivity index (χ2n) is 3.31. The molecule has 3 nitrogen and oxygen atoms in total. The number of methoxy groups -OCH3 is 1. The topological polar surface area (TPSA) is 55.5 Å². The normalized spacial score (nSPS) is 14.8. The molecular weight excluding hydrogens is 221 g/mol. The van der Waals surface area contributed by atoms with Gasteiger partial charge in [-0.1, -0.05) is 11.6 Å². The molecule has 0 saturated carbocycles. The van der Waals surface area contributed by atoms with E-state index in [1.807, 2.05) is 0 Å². The first-order valence-corrected chi connectivity index (χ1v) is 4.81. The minimum Gasteiger partial charge on any atom is -0.495 e. The van der Waals surface area contributed by atoms with Crippen LogP contribution in [0.3, 0.4) is 0 Å². The fraction of sp³-hybridized carbons (Fsp3) is 0.400. The summed E-state index contributed by atoms with van der Waals surface area (Å²) in [6, 6.07) is 1.76. The predicted molar refractivity (Wildman–Crippen MR) is 56.6 cm³/mol. The highest BCUT2D eigenvalue weighted by Gasteiger charge is 2.20. The molecule has 0 fully saturated rings. The zero-order valence-corrected chi connectivity index (χ0v) is 9.25. The lowest BCUT2D eigenvalue weighted by Gasteiger charge is -2.18. The van der Waals surface area contributed by atoms with E-state index in [4.69, 9.17) is 22.1 Å². The van der Waals surface area contributed by atoms with Crippen LogP contribution in [0.5, 0.6) is 5.75 Å². The summed E-state index contributed by atoms with van der Waals surface area (Å²) in [7, 11) is 1.40. The van der Waals surface area contributed by atoms with Crippen molar-refractivity contribution in [2.24, 2.45) is 5.73 Å². The fourth-order valence-corrected chi connectivity index (χ4v) is 1.59. The summed E-state index contributed by atoms with van der Waals surface area (Å²) in [5.41, 5.74) is 5.78. The molecule has 15 heavy (non-hydrogen) atoms. The molecule has 0 spiro atoms. The third-order valence-electron chi connectivity index (χ3n) is 2.06. The molecule has 0 aliphatic heterocycles. The molecule has 0 aliphatic carbocycles. The first kappa shape index (κ1) is 12.2. The highest BCUT2D eigenvalue weighted by Crippen LogP contribution is 2.34. The summed E-state index contributed by atoms with van der Waals surface area (Å²) in [6.07, 6.45) is -1.01. The summed E-state index contributed by atoms with van der Waals surface area (Å²) in [4.78, 5) is 0. The van der Waals surface area contributed by atoms with E-state index in [9.17, 15) is 9.50 Å².